The second-order valence-electron chi connectivity index (χ2n) is 4.17. The third kappa shape index (κ3) is 1.80. The maximum absolute atomic E-state index is 12.0. The third-order valence-electron chi connectivity index (χ3n) is 2.59. The van der Waals surface area contributed by atoms with E-state index in [9.17, 15) is 4.79 Å². The van der Waals surface area contributed by atoms with Gasteiger partial charge in [-0.25, -0.2) is 0 Å². The van der Waals surface area contributed by atoms with E-state index in [0.717, 1.165) is 5.57 Å². The minimum Gasteiger partial charge on any atom is -0.362 e. The SMILES string of the molecule is COC1(C(=O)CC(C)C)C=CC=C1C. The monoisotopic (exact) mass is 194 g/mol. The number of Topliss-reactive ketones (excluding diaryl/α,β-unsaturated/α-hetero) is 1. The summed E-state index contributed by atoms with van der Waals surface area (Å²) in [6.07, 6.45) is 6.22. The molecule has 1 atom stereocenters. The van der Waals surface area contributed by atoms with Crippen LogP contribution in [0.2, 0.25) is 0 Å². The summed E-state index contributed by atoms with van der Waals surface area (Å²) in [5.74, 6) is 0.522. The smallest absolute Gasteiger partial charge is 0.173 e. The zero-order chi connectivity index (χ0) is 10.8. The van der Waals surface area contributed by atoms with E-state index in [-0.39, 0.29) is 5.78 Å². The van der Waals surface area contributed by atoms with Crippen LogP contribution in [-0.2, 0) is 9.53 Å². The van der Waals surface area contributed by atoms with Gasteiger partial charge < -0.3 is 4.74 Å². The number of carbonyl (C=O) groups excluding carboxylic acids is 1. The molecule has 0 amide bonds. The van der Waals surface area contributed by atoms with Crippen molar-refractivity contribution in [2.24, 2.45) is 5.92 Å². The molecule has 0 aromatic carbocycles. The molecule has 0 fully saturated rings. The van der Waals surface area contributed by atoms with Crippen LogP contribution in [0.5, 0.6) is 0 Å². The van der Waals surface area contributed by atoms with E-state index in [1.54, 1.807) is 7.11 Å². The average molecular weight is 194 g/mol. The Bertz CT molecular complexity index is 287. The lowest BCUT2D eigenvalue weighted by molar-refractivity contribution is -0.133. The molecule has 0 N–H and O–H groups in total. The molecule has 1 aliphatic rings. The molecule has 14 heavy (non-hydrogen) atoms. The molecule has 0 saturated heterocycles. The largest absolute Gasteiger partial charge is 0.362 e. The van der Waals surface area contributed by atoms with Gasteiger partial charge in [0.25, 0.3) is 0 Å². The van der Waals surface area contributed by atoms with Crippen LogP contribution in [0.15, 0.2) is 23.8 Å². The van der Waals surface area contributed by atoms with Gasteiger partial charge in [-0.1, -0.05) is 26.0 Å². The molecule has 1 aliphatic carbocycles. The zero-order valence-electron chi connectivity index (χ0n) is 9.33. The Balaban J connectivity index is 2.86. The standard InChI is InChI=1S/C12H18O2/c1-9(2)8-11(13)12(14-4)7-5-6-10(12)3/h5-7,9H,8H2,1-4H3. The van der Waals surface area contributed by atoms with Crippen LogP contribution in [0.25, 0.3) is 0 Å². The van der Waals surface area contributed by atoms with Crippen molar-refractivity contribution in [1.82, 2.24) is 0 Å². The molecule has 0 aromatic heterocycles. The fraction of sp³-hybridized carbons (Fsp3) is 0.583. The van der Waals surface area contributed by atoms with E-state index >= 15 is 0 Å². The van der Waals surface area contributed by atoms with Crippen LogP contribution < -0.4 is 0 Å². The van der Waals surface area contributed by atoms with Gasteiger partial charge in [0.15, 0.2) is 11.4 Å². The lowest BCUT2D eigenvalue weighted by atomic mass is 9.88. The molecule has 0 saturated carbocycles. The Kier molecular flexibility index (Phi) is 3.27. The summed E-state index contributed by atoms with van der Waals surface area (Å²) in [6, 6.07) is 0. The van der Waals surface area contributed by atoms with Crippen LogP contribution in [0.1, 0.15) is 27.2 Å². The van der Waals surface area contributed by atoms with Gasteiger partial charge in [0.1, 0.15) is 0 Å². The van der Waals surface area contributed by atoms with Crippen molar-refractivity contribution < 1.29 is 9.53 Å². The first-order valence-corrected chi connectivity index (χ1v) is 4.98. The Hall–Kier alpha value is -0.890. The number of methoxy groups -OCH3 is 1. The number of hydrogen-bond acceptors (Lipinski definition) is 2. The zero-order valence-corrected chi connectivity index (χ0v) is 9.33. The first-order valence-electron chi connectivity index (χ1n) is 4.98. The molecule has 2 nitrogen and oxygen atoms in total. The summed E-state index contributed by atoms with van der Waals surface area (Å²) in [5.41, 5.74) is 0.204. The Morgan fingerprint density at radius 2 is 2.21 bits per heavy atom. The van der Waals surface area contributed by atoms with Crippen LogP contribution in [-0.4, -0.2) is 18.5 Å². The van der Waals surface area contributed by atoms with E-state index in [1.165, 1.54) is 0 Å². The average Bonchev–Trinajstić information content (AvgIpc) is 2.46. The predicted molar refractivity (Wildman–Crippen MR) is 57.1 cm³/mol. The maximum Gasteiger partial charge on any atom is 0.173 e. The van der Waals surface area contributed by atoms with E-state index in [4.69, 9.17) is 4.74 Å². The molecule has 78 valence electrons. The summed E-state index contributed by atoms with van der Waals surface area (Å²) < 4.78 is 5.37. The fourth-order valence-electron chi connectivity index (χ4n) is 1.76. The number of ketones is 1. The normalized spacial score (nSPS) is 25.6. The minimum absolute atomic E-state index is 0.150. The Morgan fingerprint density at radius 3 is 2.57 bits per heavy atom. The van der Waals surface area contributed by atoms with Crippen LogP contribution in [0.3, 0.4) is 0 Å². The van der Waals surface area contributed by atoms with Gasteiger partial charge in [-0.15, -0.1) is 0 Å². The summed E-state index contributed by atoms with van der Waals surface area (Å²) in [6.45, 7) is 6.01. The number of hydrogen-bond donors (Lipinski definition) is 0. The second kappa shape index (κ2) is 4.09. The highest BCUT2D eigenvalue weighted by Gasteiger charge is 2.38. The van der Waals surface area contributed by atoms with Crippen molar-refractivity contribution in [1.29, 1.82) is 0 Å². The summed E-state index contributed by atoms with van der Waals surface area (Å²) >= 11 is 0. The number of allylic oxidation sites excluding steroid dienone is 2. The molecule has 1 rings (SSSR count). The second-order valence-corrected chi connectivity index (χ2v) is 4.17. The Labute approximate surface area is 85.6 Å². The highest BCUT2D eigenvalue weighted by Crippen LogP contribution is 2.30. The topological polar surface area (TPSA) is 26.3 Å². The van der Waals surface area contributed by atoms with Gasteiger partial charge in [0, 0.05) is 13.5 Å². The van der Waals surface area contributed by atoms with Crippen LogP contribution >= 0.6 is 0 Å². The molecule has 2 heteroatoms. The quantitative estimate of drug-likeness (QED) is 0.687. The van der Waals surface area contributed by atoms with E-state index in [1.807, 2.05) is 39.0 Å². The number of rotatable bonds is 4. The minimum atomic E-state index is -0.774. The predicted octanol–water partition coefficient (Wildman–Crippen LogP) is 2.50. The molecule has 0 aliphatic heterocycles. The van der Waals surface area contributed by atoms with E-state index in [0.29, 0.717) is 12.3 Å². The summed E-state index contributed by atoms with van der Waals surface area (Å²) in [4.78, 5) is 12.0. The highest BCUT2D eigenvalue weighted by atomic mass is 16.5. The van der Waals surface area contributed by atoms with Crippen LogP contribution in [0.4, 0.5) is 0 Å². The molecular weight excluding hydrogens is 176 g/mol. The molecule has 0 radical (unpaired) electrons. The lowest BCUT2D eigenvalue weighted by Gasteiger charge is -2.27. The highest BCUT2D eigenvalue weighted by molar-refractivity contribution is 5.94. The molecular formula is C12H18O2. The number of carbonyl (C=O) groups is 1. The van der Waals surface area contributed by atoms with Crippen molar-refractivity contribution in [3.05, 3.63) is 23.8 Å². The van der Waals surface area contributed by atoms with Gasteiger partial charge in [0.05, 0.1) is 0 Å². The molecule has 1 unspecified atom stereocenters. The summed E-state index contributed by atoms with van der Waals surface area (Å²) in [5, 5.41) is 0. The van der Waals surface area contributed by atoms with Gasteiger partial charge in [0.2, 0.25) is 0 Å². The summed E-state index contributed by atoms with van der Waals surface area (Å²) in [7, 11) is 1.59. The van der Waals surface area contributed by atoms with Gasteiger partial charge in [-0.05, 0) is 24.5 Å². The van der Waals surface area contributed by atoms with Crippen molar-refractivity contribution >= 4 is 5.78 Å². The van der Waals surface area contributed by atoms with Gasteiger partial charge >= 0.3 is 0 Å². The molecule has 0 bridgehead atoms. The maximum atomic E-state index is 12.0. The van der Waals surface area contributed by atoms with Crippen molar-refractivity contribution in [3.8, 4) is 0 Å². The number of ether oxygens (including phenoxy) is 1. The van der Waals surface area contributed by atoms with E-state index < -0.39 is 5.60 Å². The fourth-order valence-corrected chi connectivity index (χ4v) is 1.76. The molecule has 0 spiro atoms. The van der Waals surface area contributed by atoms with E-state index in [2.05, 4.69) is 0 Å². The van der Waals surface area contributed by atoms with Gasteiger partial charge in [-0.2, -0.15) is 0 Å². The van der Waals surface area contributed by atoms with Crippen molar-refractivity contribution in [2.45, 2.75) is 32.8 Å². The molecule has 0 heterocycles. The first-order chi connectivity index (χ1) is 6.53. The van der Waals surface area contributed by atoms with Crippen molar-refractivity contribution in [2.75, 3.05) is 7.11 Å². The lowest BCUT2D eigenvalue weighted by Crippen LogP contribution is -2.39. The Morgan fingerprint density at radius 1 is 1.57 bits per heavy atom. The first kappa shape index (κ1) is 11.2. The van der Waals surface area contributed by atoms with Crippen molar-refractivity contribution in [3.63, 3.8) is 0 Å². The molecule has 0 aromatic rings. The van der Waals surface area contributed by atoms with Crippen LogP contribution in [0, 0.1) is 5.92 Å². The van der Waals surface area contributed by atoms with Gasteiger partial charge in [-0.3, -0.25) is 4.79 Å². The third-order valence-corrected chi connectivity index (χ3v) is 2.59.